The van der Waals surface area contributed by atoms with Crippen LogP contribution in [0.15, 0.2) is 54.6 Å². The third-order valence-electron chi connectivity index (χ3n) is 5.90. The highest BCUT2D eigenvalue weighted by atomic mass is 16.5. The van der Waals surface area contributed by atoms with Crippen LogP contribution in [0.25, 0.3) is 0 Å². The molecule has 0 radical (unpaired) electrons. The summed E-state index contributed by atoms with van der Waals surface area (Å²) in [6.07, 6.45) is 1.73. The third-order valence-corrected chi connectivity index (χ3v) is 5.90. The van der Waals surface area contributed by atoms with Crippen molar-refractivity contribution in [1.29, 1.82) is 0 Å². The summed E-state index contributed by atoms with van der Waals surface area (Å²) in [5.74, 6) is 1.05. The van der Waals surface area contributed by atoms with Crippen molar-refractivity contribution in [2.24, 2.45) is 0 Å². The van der Waals surface area contributed by atoms with Crippen LogP contribution in [0, 0.1) is 0 Å². The number of anilines is 1. The van der Waals surface area contributed by atoms with E-state index in [4.69, 9.17) is 9.47 Å². The van der Waals surface area contributed by atoms with Crippen molar-refractivity contribution in [3.8, 4) is 11.5 Å². The van der Waals surface area contributed by atoms with Gasteiger partial charge in [0.2, 0.25) is 0 Å². The van der Waals surface area contributed by atoms with Crippen molar-refractivity contribution >= 4 is 18.0 Å². The van der Waals surface area contributed by atoms with Gasteiger partial charge < -0.3 is 19.9 Å². The average molecular weight is 478 g/mol. The van der Waals surface area contributed by atoms with Gasteiger partial charge in [0.1, 0.15) is 23.9 Å². The van der Waals surface area contributed by atoms with Crippen LogP contribution in [-0.2, 0) is 16.9 Å². The molecular formula is C27H31N3O5. The Kier molecular flexibility index (Phi) is 7.21. The van der Waals surface area contributed by atoms with Gasteiger partial charge in [-0.05, 0) is 51.3 Å². The molecule has 0 saturated heterocycles. The molecule has 1 fully saturated rings. The predicted octanol–water partition coefficient (Wildman–Crippen LogP) is 4.29. The van der Waals surface area contributed by atoms with E-state index < -0.39 is 0 Å². The van der Waals surface area contributed by atoms with E-state index in [2.05, 4.69) is 10.4 Å². The zero-order chi connectivity index (χ0) is 25.0. The zero-order valence-electron chi connectivity index (χ0n) is 20.2. The molecule has 2 aromatic carbocycles. The lowest BCUT2D eigenvalue weighted by atomic mass is 9.80. The number of nitrogens with one attached hydrogen (secondary N) is 1. The fraction of sp³-hybridized carbons (Fsp3) is 0.370. The van der Waals surface area contributed by atoms with Gasteiger partial charge in [-0.25, -0.2) is 4.68 Å². The van der Waals surface area contributed by atoms with Gasteiger partial charge in [0.05, 0.1) is 22.9 Å². The number of aliphatic hydroxyl groups excluding tert-OH is 1. The molecule has 184 valence electrons. The smallest absolute Gasteiger partial charge is 0.263 e. The third kappa shape index (κ3) is 5.89. The van der Waals surface area contributed by atoms with Gasteiger partial charge in [0.15, 0.2) is 12.9 Å². The molecule has 0 spiro atoms. The largest absolute Gasteiger partial charge is 0.488 e. The molecule has 1 aliphatic rings. The Labute approximate surface area is 204 Å². The summed E-state index contributed by atoms with van der Waals surface area (Å²) in [6.45, 7) is 6.03. The standard InChI is InChI=1S/C27H31N3O5/c1-27(2,3)30-25(14-22(29-30)19-12-20(32)13-19)28-26(33)17-35-24-11-7-10-23(21(24)15-31)34-16-18-8-5-4-6-9-18/h4-11,14-15,19-20,32H,12-13,16-17H2,1-3H3,(H,28,33). The van der Waals surface area contributed by atoms with Crippen molar-refractivity contribution in [1.82, 2.24) is 9.78 Å². The highest BCUT2D eigenvalue weighted by Gasteiger charge is 2.32. The minimum Gasteiger partial charge on any atom is -0.488 e. The van der Waals surface area contributed by atoms with Crippen LogP contribution in [0.3, 0.4) is 0 Å². The molecule has 0 atom stereocenters. The van der Waals surface area contributed by atoms with Gasteiger partial charge in [-0.2, -0.15) is 5.10 Å². The Morgan fingerprint density at radius 2 is 1.80 bits per heavy atom. The lowest BCUT2D eigenvalue weighted by Gasteiger charge is -2.30. The van der Waals surface area contributed by atoms with Gasteiger partial charge in [0, 0.05) is 12.0 Å². The number of hydrogen-bond donors (Lipinski definition) is 2. The summed E-state index contributed by atoms with van der Waals surface area (Å²) in [4.78, 5) is 24.5. The van der Waals surface area contributed by atoms with Gasteiger partial charge in [-0.3, -0.25) is 9.59 Å². The molecule has 1 heterocycles. The van der Waals surface area contributed by atoms with E-state index in [1.54, 1.807) is 22.9 Å². The van der Waals surface area contributed by atoms with Crippen LogP contribution in [0.2, 0.25) is 0 Å². The minimum atomic E-state index is -0.372. The highest BCUT2D eigenvalue weighted by Crippen LogP contribution is 2.38. The van der Waals surface area contributed by atoms with Crippen LogP contribution >= 0.6 is 0 Å². The monoisotopic (exact) mass is 477 g/mol. The number of carbonyl (C=O) groups is 2. The maximum atomic E-state index is 12.7. The molecule has 8 nitrogen and oxygen atoms in total. The number of nitrogens with zero attached hydrogens (tertiary/aromatic N) is 2. The van der Waals surface area contributed by atoms with Crippen molar-refractivity contribution in [3.05, 3.63) is 71.4 Å². The number of carbonyl (C=O) groups excluding carboxylic acids is 2. The van der Waals surface area contributed by atoms with Gasteiger partial charge >= 0.3 is 0 Å². The second-order valence-electron chi connectivity index (χ2n) is 9.76. The number of hydrogen-bond acceptors (Lipinski definition) is 6. The van der Waals surface area contributed by atoms with Crippen LogP contribution in [0.4, 0.5) is 5.82 Å². The lowest BCUT2D eigenvalue weighted by molar-refractivity contribution is -0.118. The fourth-order valence-electron chi connectivity index (χ4n) is 3.98. The molecule has 1 amide bonds. The summed E-state index contributed by atoms with van der Waals surface area (Å²) < 4.78 is 13.3. The van der Waals surface area contributed by atoms with Crippen LogP contribution in [0.1, 0.15) is 61.1 Å². The number of benzene rings is 2. The van der Waals surface area contributed by atoms with Crippen molar-refractivity contribution < 1.29 is 24.2 Å². The molecule has 2 N–H and O–H groups in total. The van der Waals surface area contributed by atoms with E-state index in [9.17, 15) is 14.7 Å². The summed E-state index contributed by atoms with van der Waals surface area (Å²) >= 11 is 0. The topological polar surface area (TPSA) is 103 Å². The molecule has 4 rings (SSSR count). The summed E-state index contributed by atoms with van der Waals surface area (Å²) in [7, 11) is 0. The first-order chi connectivity index (χ1) is 16.7. The first kappa shape index (κ1) is 24.5. The first-order valence-corrected chi connectivity index (χ1v) is 11.7. The molecule has 0 unspecified atom stereocenters. The van der Waals surface area contributed by atoms with Crippen molar-refractivity contribution in [2.75, 3.05) is 11.9 Å². The highest BCUT2D eigenvalue weighted by molar-refractivity contribution is 5.91. The van der Waals surface area contributed by atoms with Gasteiger partial charge in [-0.15, -0.1) is 0 Å². The number of aromatic nitrogens is 2. The van der Waals surface area contributed by atoms with Crippen LogP contribution < -0.4 is 14.8 Å². The number of rotatable bonds is 9. The Hall–Kier alpha value is -3.65. The molecule has 1 aliphatic carbocycles. The summed E-state index contributed by atoms with van der Waals surface area (Å²) in [6, 6.07) is 16.5. The number of aliphatic hydroxyl groups is 1. The summed E-state index contributed by atoms with van der Waals surface area (Å²) in [5, 5.41) is 17.2. The Morgan fingerprint density at radius 1 is 1.11 bits per heavy atom. The number of amides is 1. The Bertz CT molecular complexity index is 1180. The molecule has 3 aromatic rings. The molecule has 1 aromatic heterocycles. The molecule has 1 saturated carbocycles. The molecule has 0 aliphatic heterocycles. The fourth-order valence-corrected chi connectivity index (χ4v) is 3.98. The molecule has 8 heteroatoms. The minimum absolute atomic E-state index is 0.189. The SMILES string of the molecule is CC(C)(C)n1nc(C2CC(O)C2)cc1NC(=O)COc1cccc(OCc2ccccc2)c1C=O. The number of aldehydes is 1. The Balaban J connectivity index is 1.42. The second kappa shape index (κ2) is 10.3. The van der Waals surface area contributed by atoms with Crippen LogP contribution in [-0.4, -0.2) is 39.8 Å². The lowest BCUT2D eigenvalue weighted by Crippen LogP contribution is -2.29. The van der Waals surface area contributed by atoms with E-state index in [1.165, 1.54) is 0 Å². The van der Waals surface area contributed by atoms with E-state index >= 15 is 0 Å². The quantitative estimate of drug-likeness (QED) is 0.446. The normalized spacial score (nSPS) is 17.4. The van der Waals surface area contributed by atoms with Crippen LogP contribution in [0.5, 0.6) is 11.5 Å². The van der Waals surface area contributed by atoms with Crippen molar-refractivity contribution in [3.63, 3.8) is 0 Å². The average Bonchev–Trinajstić information content (AvgIpc) is 3.23. The second-order valence-corrected chi connectivity index (χ2v) is 9.76. The first-order valence-electron chi connectivity index (χ1n) is 11.7. The zero-order valence-corrected chi connectivity index (χ0v) is 20.2. The molecule has 0 bridgehead atoms. The Morgan fingerprint density at radius 3 is 2.43 bits per heavy atom. The van der Waals surface area contributed by atoms with Gasteiger partial charge in [-0.1, -0.05) is 36.4 Å². The number of ether oxygens (including phenoxy) is 2. The van der Waals surface area contributed by atoms with E-state index in [1.807, 2.05) is 57.2 Å². The predicted molar refractivity (Wildman–Crippen MR) is 132 cm³/mol. The summed E-state index contributed by atoms with van der Waals surface area (Å²) in [5.41, 5.74) is 1.73. The van der Waals surface area contributed by atoms with E-state index in [-0.39, 0.29) is 41.4 Å². The van der Waals surface area contributed by atoms with E-state index in [0.717, 1.165) is 11.3 Å². The van der Waals surface area contributed by atoms with Gasteiger partial charge in [0.25, 0.3) is 5.91 Å². The maximum Gasteiger partial charge on any atom is 0.263 e. The molecule has 35 heavy (non-hydrogen) atoms. The maximum absolute atomic E-state index is 12.7. The van der Waals surface area contributed by atoms with Crippen molar-refractivity contribution in [2.45, 2.75) is 57.8 Å². The molecular weight excluding hydrogens is 446 g/mol. The van der Waals surface area contributed by atoms with E-state index in [0.29, 0.717) is 37.3 Å².